The van der Waals surface area contributed by atoms with Crippen LogP contribution in [0.15, 0.2) is 29.2 Å². The van der Waals surface area contributed by atoms with Gasteiger partial charge in [0.25, 0.3) is 11.5 Å². The first kappa shape index (κ1) is 18.2. The number of rotatable bonds is 8. The number of unbranched alkanes of at least 4 members (excludes halogenated alkanes) is 2. The molecule has 0 aromatic carbocycles. The van der Waals surface area contributed by atoms with Crippen LogP contribution in [0.1, 0.15) is 56.8 Å². The number of fused-ring (bicyclic) bond motifs is 1. The average Bonchev–Trinajstić information content (AvgIpc) is 2.61. The van der Waals surface area contributed by atoms with Crippen LogP contribution in [0.5, 0.6) is 0 Å². The predicted octanol–water partition coefficient (Wildman–Crippen LogP) is 3.46. The second-order valence-electron chi connectivity index (χ2n) is 6.02. The van der Waals surface area contributed by atoms with Crippen molar-refractivity contribution in [3.8, 4) is 0 Å². The molecule has 0 aliphatic heterocycles. The normalized spacial score (nSPS) is 11.0. The van der Waals surface area contributed by atoms with Crippen LogP contribution >= 0.6 is 0 Å². The Balaban J connectivity index is 2.46. The van der Waals surface area contributed by atoms with Gasteiger partial charge in [-0.25, -0.2) is 4.98 Å². The number of hydrogen-bond donors (Lipinski definition) is 0. The van der Waals surface area contributed by atoms with Crippen LogP contribution in [0, 0.1) is 0 Å². The van der Waals surface area contributed by atoms with E-state index in [2.05, 4.69) is 18.8 Å². The molecule has 2 aromatic heterocycles. The largest absolute Gasteiger partial charge is 0.338 e. The van der Waals surface area contributed by atoms with E-state index in [-0.39, 0.29) is 17.0 Å². The lowest BCUT2D eigenvalue weighted by Gasteiger charge is -2.22. The van der Waals surface area contributed by atoms with Gasteiger partial charge in [0.15, 0.2) is 0 Å². The maximum atomic E-state index is 13.0. The summed E-state index contributed by atoms with van der Waals surface area (Å²) in [7, 11) is 0. The summed E-state index contributed by atoms with van der Waals surface area (Å²) in [5.41, 5.74) is 0.645. The van der Waals surface area contributed by atoms with Crippen molar-refractivity contribution >= 4 is 16.9 Å². The highest BCUT2D eigenvalue weighted by Gasteiger charge is 2.20. The van der Waals surface area contributed by atoms with Crippen LogP contribution in [0.3, 0.4) is 0 Å². The molecule has 2 heterocycles. The molecule has 0 atom stereocenters. The number of amides is 1. The highest BCUT2D eigenvalue weighted by atomic mass is 16.2. The summed E-state index contributed by atoms with van der Waals surface area (Å²) in [6, 6.07) is 5.42. The van der Waals surface area contributed by atoms with Crippen molar-refractivity contribution in [3.05, 3.63) is 40.3 Å². The summed E-state index contributed by atoms with van der Waals surface area (Å²) >= 11 is 0. The maximum Gasteiger partial charge on any atom is 0.265 e. The van der Waals surface area contributed by atoms with Crippen LogP contribution < -0.4 is 5.56 Å². The minimum absolute atomic E-state index is 0.158. The van der Waals surface area contributed by atoms with E-state index >= 15 is 0 Å². The molecule has 130 valence electrons. The molecule has 0 aliphatic rings. The van der Waals surface area contributed by atoms with Gasteiger partial charge in [-0.2, -0.15) is 0 Å². The lowest BCUT2D eigenvalue weighted by atomic mass is 10.1. The fourth-order valence-electron chi connectivity index (χ4n) is 2.84. The van der Waals surface area contributed by atoms with Crippen molar-refractivity contribution in [2.45, 2.75) is 53.0 Å². The summed E-state index contributed by atoms with van der Waals surface area (Å²) in [6.07, 6.45) is 5.62. The van der Waals surface area contributed by atoms with Crippen molar-refractivity contribution < 1.29 is 4.79 Å². The number of pyridine rings is 2. The monoisotopic (exact) mass is 329 g/mol. The second-order valence-corrected chi connectivity index (χ2v) is 6.02. The SMILES string of the molecule is CCCCN(CCCC)C(=O)c1cc2cccnc2n(CC)c1=O. The molecule has 0 spiro atoms. The van der Waals surface area contributed by atoms with Gasteiger partial charge in [0.1, 0.15) is 11.2 Å². The highest BCUT2D eigenvalue weighted by Crippen LogP contribution is 2.13. The lowest BCUT2D eigenvalue weighted by molar-refractivity contribution is 0.0749. The first-order chi connectivity index (χ1) is 11.6. The fourth-order valence-corrected chi connectivity index (χ4v) is 2.84. The molecule has 0 unspecified atom stereocenters. The van der Waals surface area contributed by atoms with Gasteiger partial charge in [0.2, 0.25) is 0 Å². The molecule has 5 heteroatoms. The van der Waals surface area contributed by atoms with E-state index in [1.807, 2.05) is 24.0 Å². The quantitative estimate of drug-likeness (QED) is 0.745. The molecule has 0 fully saturated rings. The zero-order valence-corrected chi connectivity index (χ0v) is 14.9. The molecule has 0 saturated heterocycles. The lowest BCUT2D eigenvalue weighted by Crippen LogP contribution is -2.38. The van der Waals surface area contributed by atoms with E-state index < -0.39 is 0 Å². The van der Waals surface area contributed by atoms with Crippen molar-refractivity contribution in [1.29, 1.82) is 0 Å². The Kier molecular flexibility index (Phi) is 6.53. The van der Waals surface area contributed by atoms with Gasteiger partial charge in [0.05, 0.1) is 0 Å². The van der Waals surface area contributed by atoms with Crippen molar-refractivity contribution in [1.82, 2.24) is 14.5 Å². The average molecular weight is 329 g/mol. The second kappa shape index (κ2) is 8.62. The number of carbonyl (C=O) groups excluding carboxylic acids is 1. The van der Waals surface area contributed by atoms with Crippen molar-refractivity contribution in [2.75, 3.05) is 13.1 Å². The van der Waals surface area contributed by atoms with E-state index in [0.29, 0.717) is 25.3 Å². The van der Waals surface area contributed by atoms with Crippen LogP contribution in [0.25, 0.3) is 11.0 Å². The molecule has 5 nitrogen and oxygen atoms in total. The number of aryl methyl sites for hydroxylation is 1. The third-order valence-electron chi connectivity index (χ3n) is 4.24. The molecule has 0 aliphatic carbocycles. The first-order valence-electron chi connectivity index (χ1n) is 8.91. The minimum atomic E-state index is -0.244. The fraction of sp³-hybridized carbons (Fsp3) is 0.526. The van der Waals surface area contributed by atoms with E-state index in [1.165, 1.54) is 0 Å². The van der Waals surface area contributed by atoms with E-state index in [9.17, 15) is 9.59 Å². The first-order valence-corrected chi connectivity index (χ1v) is 8.91. The smallest absolute Gasteiger partial charge is 0.265 e. The van der Waals surface area contributed by atoms with Gasteiger partial charge < -0.3 is 4.90 Å². The Bertz CT molecular complexity index is 744. The van der Waals surface area contributed by atoms with Gasteiger partial charge in [-0.05, 0) is 38.0 Å². The maximum absolute atomic E-state index is 13.0. The zero-order valence-electron chi connectivity index (χ0n) is 14.9. The van der Waals surface area contributed by atoms with E-state index in [1.54, 1.807) is 16.8 Å². The summed E-state index contributed by atoms with van der Waals surface area (Å²) in [5, 5.41) is 0.827. The molecule has 1 amide bonds. The standard InChI is InChI=1S/C19H27N3O2/c1-4-7-12-21(13-8-5-2)18(23)16-14-15-10-9-11-20-17(15)22(6-3)19(16)24/h9-11,14H,4-8,12-13H2,1-3H3. The molecule has 2 aromatic rings. The number of hydrogen-bond acceptors (Lipinski definition) is 3. The van der Waals surface area contributed by atoms with Crippen molar-refractivity contribution in [3.63, 3.8) is 0 Å². The van der Waals surface area contributed by atoms with Gasteiger partial charge in [-0.15, -0.1) is 0 Å². The minimum Gasteiger partial charge on any atom is -0.338 e. The number of nitrogens with zero attached hydrogens (tertiary/aromatic N) is 3. The zero-order chi connectivity index (χ0) is 17.5. The molecule has 0 bridgehead atoms. The van der Waals surface area contributed by atoms with Gasteiger partial charge >= 0.3 is 0 Å². The summed E-state index contributed by atoms with van der Waals surface area (Å²) in [6.45, 7) is 8.01. The Hall–Kier alpha value is -2.17. The Morgan fingerprint density at radius 1 is 1.17 bits per heavy atom. The highest BCUT2D eigenvalue weighted by molar-refractivity contribution is 5.96. The topological polar surface area (TPSA) is 55.2 Å². The molecule has 0 radical (unpaired) electrons. The van der Waals surface area contributed by atoms with Gasteiger partial charge in [0, 0.05) is 31.2 Å². The molecule has 24 heavy (non-hydrogen) atoms. The van der Waals surface area contributed by atoms with Crippen LogP contribution in [-0.4, -0.2) is 33.4 Å². The third kappa shape index (κ3) is 3.83. The van der Waals surface area contributed by atoms with Crippen LogP contribution in [-0.2, 0) is 6.54 Å². The Morgan fingerprint density at radius 3 is 2.42 bits per heavy atom. The van der Waals surface area contributed by atoms with Crippen LogP contribution in [0.2, 0.25) is 0 Å². The summed E-state index contributed by atoms with van der Waals surface area (Å²) in [5.74, 6) is -0.158. The van der Waals surface area contributed by atoms with Gasteiger partial charge in [-0.3, -0.25) is 14.2 Å². The van der Waals surface area contributed by atoms with Crippen LogP contribution in [0.4, 0.5) is 0 Å². The van der Waals surface area contributed by atoms with Gasteiger partial charge in [-0.1, -0.05) is 26.7 Å². The molecule has 0 N–H and O–H groups in total. The third-order valence-corrected chi connectivity index (χ3v) is 4.24. The summed E-state index contributed by atoms with van der Waals surface area (Å²) < 4.78 is 1.58. The van der Waals surface area contributed by atoms with Crippen molar-refractivity contribution in [2.24, 2.45) is 0 Å². The predicted molar refractivity (Wildman–Crippen MR) is 97.4 cm³/mol. The molecule has 0 saturated carbocycles. The Labute approximate surface area is 143 Å². The van der Waals surface area contributed by atoms with E-state index in [0.717, 1.165) is 31.1 Å². The number of carbonyl (C=O) groups is 1. The number of aromatic nitrogens is 2. The molecular weight excluding hydrogens is 302 g/mol. The summed E-state index contributed by atoms with van der Waals surface area (Å²) in [4.78, 5) is 31.9. The Morgan fingerprint density at radius 2 is 1.83 bits per heavy atom. The van der Waals surface area contributed by atoms with E-state index in [4.69, 9.17) is 0 Å². The molecular formula is C19H27N3O2. The molecule has 2 rings (SSSR count).